The van der Waals surface area contributed by atoms with Gasteiger partial charge in [-0.3, -0.25) is 4.68 Å². The Hall–Kier alpha value is -2.29. The summed E-state index contributed by atoms with van der Waals surface area (Å²) in [5.74, 6) is 0. The predicted molar refractivity (Wildman–Crippen MR) is 74.4 cm³/mol. The van der Waals surface area contributed by atoms with E-state index in [0.29, 0.717) is 0 Å². The molecule has 0 aliphatic heterocycles. The first-order valence-electron chi connectivity index (χ1n) is 6.03. The van der Waals surface area contributed by atoms with Gasteiger partial charge in [-0.1, -0.05) is 30.3 Å². The van der Waals surface area contributed by atoms with Gasteiger partial charge in [-0.2, -0.15) is 5.10 Å². The van der Waals surface area contributed by atoms with Crippen LogP contribution in [0.3, 0.4) is 0 Å². The van der Waals surface area contributed by atoms with Crippen LogP contribution in [0.15, 0.2) is 54.7 Å². The van der Waals surface area contributed by atoms with Crippen molar-refractivity contribution in [3.63, 3.8) is 0 Å². The summed E-state index contributed by atoms with van der Waals surface area (Å²) in [5.41, 5.74) is 8.93. The van der Waals surface area contributed by atoms with Gasteiger partial charge in [0.1, 0.15) is 0 Å². The van der Waals surface area contributed by atoms with Crippen LogP contribution in [0, 0.1) is 0 Å². The van der Waals surface area contributed by atoms with Crippen molar-refractivity contribution in [3.8, 4) is 0 Å². The number of nitrogens with zero attached hydrogens (tertiary/aromatic N) is 2. The maximum Gasteiger partial charge on any atom is 0.0747 e. The molecule has 0 saturated heterocycles. The van der Waals surface area contributed by atoms with E-state index in [0.717, 1.165) is 16.6 Å². The fraction of sp³-hybridized carbons (Fsp3) is 0.133. The summed E-state index contributed by atoms with van der Waals surface area (Å²) in [7, 11) is 0. The second-order valence-corrected chi connectivity index (χ2v) is 4.49. The molecule has 1 heterocycles. The third-order valence-electron chi connectivity index (χ3n) is 3.27. The molecule has 90 valence electrons. The average molecular weight is 237 g/mol. The first-order chi connectivity index (χ1) is 8.75. The highest BCUT2D eigenvalue weighted by molar-refractivity contribution is 5.82. The number of benzene rings is 2. The molecule has 0 aliphatic carbocycles. The molecule has 1 aromatic heterocycles. The molecule has 3 aromatic rings. The second kappa shape index (κ2) is 4.18. The van der Waals surface area contributed by atoms with Crippen LogP contribution in [0.4, 0.5) is 5.69 Å². The molecule has 2 aromatic carbocycles. The van der Waals surface area contributed by atoms with E-state index in [1.165, 1.54) is 5.56 Å². The van der Waals surface area contributed by atoms with Crippen molar-refractivity contribution >= 4 is 16.6 Å². The molecule has 2 N–H and O–H groups in total. The van der Waals surface area contributed by atoms with Gasteiger partial charge in [0.25, 0.3) is 0 Å². The summed E-state index contributed by atoms with van der Waals surface area (Å²) >= 11 is 0. The standard InChI is InChI=1S/C15H15N3/c1-11(12-5-3-2-4-6-12)18-15-9-14(16)8-7-13(15)10-17-18/h2-11H,16H2,1H3/t11-/m0/s1. The van der Waals surface area contributed by atoms with Crippen LogP contribution < -0.4 is 5.73 Å². The van der Waals surface area contributed by atoms with Gasteiger partial charge in [-0.05, 0) is 30.7 Å². The van der Waals surface area contributed by atoms with E-state index in [-0.39, 0.29) is 6.04 Å². The van der Waals surface area contributed by atoms with Crippen LogP contribution in [0.1, 0.15) is 18.5 Å². The maximum atomic E-state index is 5.85. The normalized spacial score (nSPS) is 12.7. The summed E-state index contributed by atoms with van der Waals surface area (Å²) in [6, 6.07) is 16.4. The number of fused-ring (bicyclic) bond motifs is 1. The van der Waals surface area contributed by atoms with E-state index in [4.69, 9.17) is 5.73 Å². The van der Waals surface area contributed by atoms with Gasteiger partial charge in [0.05, 0.1) is 17.8 Å². The highest BCUT2D eigenvalue weighted by Crippen LogP contribution is 2.24. The molecule has 0 saturated carbocycles. The Morgan fingerprint density at radius 1 is 1.11 bits per heavy atom. The van der Waals surface area contributed by atoms with Crippen LogP contribution in [-0.2, 0) is 0 Å². The number of nitrogens with two attached hydrogens (primary N) is 1. The van der Waals surface area contributed by atoms with Crippen molar-refractivity contribution in [2.45, 2.75) is 13.0 Å². The van der Waals surface area contributed by atoms with E-state index in [9.17, 15) is 0 Å². The zero-order valence-electron chi connectivity index (χ0n) is 10.2. The lowest BCUT2D eigenvalue weighted by atomic mass is 10.1. The van der Waals surface area contributed by atoms with Gasteiger partial charge < -0.3 is 5.73 Å². The minimum atomic E-state index is 0.200. The van der Waals surface area contributed by atoms with E-state index in [1.807, 2.05) is 47.3 Å². The topological polar surface area (TPSA) is 43.8 Å². The minimum absolute atomic E-state index is 0.200. The summed E-state index contributed by atoms with van der Waals surface area (Å²) in [5, 5.41) is 5.59. The summed E-state index contributed by atoms with van der Waals surface area (Å²) in [4.78, 5) is 0. The molecule has 0 fully saturated rings. The fourth-order valence-corrected chi connectivity index (χ4v) is 2.24. The molecule has 0 spiro atoms. The summed E-state index contributed by atoms with van der Waals surface area (Å²) in [6.45, 7) is 2.14. The predicted octanol–water partition coefficient (Wildman–Crippen LogP) is 3.23. The van der Waals surface area contributed by atoms with Crippen molar-refractivity contribution in [1.82, 2.24) is 9.78 Å². The third kappa shape index (κ3) is 1.74. The number of nitrogen functional groups attached to an aromatic ring is 1. The molecular formula is C15H15N3. The molecule has 0 amide bonds. The molecule has 3 heteroatoms. The number of rotatable bonds is 2. The highest BCUT2D eigenvalue weighted by atomic mass is 15.3. The molecule has 0 radical (unpaired) electrons. The highest BCUT2D eigenvalue weighted by Gasteiger charge is 2.11. The largest absolute Gasteiger partial charge is 0.399 e. The molecule has 0 unspecified atom stereocenters. The lowest BCUT2D eigenvalue weighted by molar-refractivity contribution is 0.584. The van der Waals surface area contributed by atoms with Gasteiger partial charge in [-0.25, -0.2) is 0 Å². The average Bonchev–Trinajstić information content (AvgIpc) is 2.82. The van der Waals surface area contributed by atoms with Crippen LogP contribution in [-0.4, -0.2) is 9.78 Å². The van der Waals surface area contributed by atoms with Gasteiger partial charge in [0, 0.05) is 11.1 Å². The number of anilines is 1. The molecule has 0 aliphatic rings. The van der Waals surface area contributed by atoms with E-state index in [2.05, 4.69) is 24.2 Å². The van der Waals surface area contributed by atoms with Crippen molar-refractivity contribution in [3.05, 3.63) is 60.3 Å². The summed E-state index contributed by atoms with van der Waals surface area (Å²) in [6.07, 6.45) is 1.88. The quantitative estimate of drug-likeness (QED) is 0.695. The van der Waals surface area contributed by atoms with Gasteiger partial charge >= 0.3 is 0 Å². The monoisotopic (exact) mass is 237 g/mol. The second-order valence-electron chi connectivity index (χ2n) is 4.49. The Labute approximate surface area is 106 Å². The zero-order chi connectivity index (χ0) is 12.5. The van der Waals surface area contributed by atoms with Crippen LogP contribution >= 0.6 is 0 Å². The smallest absolute Gasteiger partial charge is 0.0747 e. The lowest BCUT2D eigenvalue weighted by Crippen LogP contribution is -2.08. The number of hydrogen-bond acceptors (Lipinski definition) is 2. The van der Waals surface area contributed by atoms with Crippen LogP contribution in [0.25, 0.3) is 10.9 Å². The molecule has 0 bridgehead atoms. The SMILES string of the molecule is C[C@@H](c1ccccc1)n1ncc2ccc(N)cc21. The van der Waals surface area contributed by atoms with E-state index in [1.54, 1.807) is 0 Å². The van der Waals surface area contributed by atoms with Gasteiger partial charge in [-0.15, -0.1) is 0 Å². The van der Waals surface area contributed by atoms with Crippen LogP contribution in [0.5, 0.6) is 0 Å². The van der Waals surface area contributed by atoms with Gasteiger partial charge in [0.15, 0.2) is 0 Å². The Balaban J connectivity index is 2.12. The van der Waals surface area contributed by atoms with Crippen molar-refractivity contribution in [1.29, 1.82) is 0 Å². The van der Waals surface area contributed by atoms with Crippen molar-refractivity contribution < 1.29 is 0 Å². The first kappa shape index (κ1) is 10.8. The first-order valence-corrected chi connectivity index (χ1v) is 6.03. The zero-order valence-corrected chi connectivity index (χ0v) is 10.2. The van der Waals surface area contributed by atoms with Crippen molar-refractivity contribution in [2.75, 3.05) is 5.73 Å². The van der Waals surface area contributed by atoms with Crippen molar-refractivity contribution in [2.24, 2.45) is 0 Å². The number of aromatic nitrogens is 2. The Morgan fingerprint density at radius 3 is 2.67 bits per heavy atom. The van der Waals surface area contributed by atoms with Gasteiger partial charge in [0.2, 0.25) is 0 Å². The van der Waals surface area contributed by atoms with E-state index < -0.39 is 0 Å². The lowest BCUT2D eigenvalue weighted by Gasteiger charge is -2.14. The Kier molecular flexibility index (Phi) is 2.52. The van der Waals surface area contributed by atoms with Crippen LogP contribution in [0.2, 0.25) is 0 Å². The molecule has 3 rings (SSSR count). The molecule has 1 atom stereocenters. The number of hydrogen-bond donors (Lipinski definition) is 1. The minimum Gasteiger partial charge on any atom is -0.399 e. The molecular weight excluding hydrogens is 222 g/mol. The summed E-state index contributed by atoms with van der Waals surface area (Å²) < 4.78 is 2.01. The Morgan fingerprint density at radius 2 is 1.89 bits per heavy atom. The maximum absolute atomic E-state index is 5.85. The molecule has 18 heavy (non-hydrogen) atoms. The Bertz CT molecular complexity index is 671. The fourth-order valence-electron chi connectivity index (χ4n) is 2.24. The third-order valence-corrected chi connectivity index (χ3v) is 3.27. The van der Waals surface area contributed by atoms with E-state index >= 15 is 0 Å². The molecule has 3 nitrogen and oxygen atoms in total.